The van der Waals surface area contributed by atoms with Gasteiger partial charge in [0.05, 0.1) is 15.5 Å². The molecule has 8 heteroatoms. The molecule has 2 saturated heterocycles. The van der Waals surface area contributed by atoms with Crippen molar-refractivity contribution in [2.24, 2.45) is 5.41 Å². The minimum Gasteiger partial charge on any atom is -0.481 e. The molecule has 2 fully saturated rings. The van der Waals surface area contributed by atoms with Gasteiger partial charge in [0.2, 0.25) is 5.91 Å². The Morgan fingerprint density at radius 1 is 1.19 bits per heavy atom. The molecule has 2 aliphatic heterocycles. The van der Waals surface area contributed by atoms with E-state index in [0.717, 1.165) is 6.42 Å². The van der Waals surface area contributed by atoms with Gasteiger partial charge in [0, 0.05) is 25.2 Å². The van der Waals surface area contributed by atoms with Crippen molar-refractivity contribution in [1.82, 2.24) is 9.80 Å². The molecule has 6 nitrogen and oxygen atoms in total. The number of likely N-dealkylation sites (tertiary alicyclic amines) is 2. The number of rotatable bonds is 3. The van der Waals surface area contributed by atoms with Gasteiger partial charge in [-0.05, 0) is 44.4 Å². The van der Waals surface area contributed by atoms with Gasteiger partial charge >= 0.3 is 5.97 Å². The number of aliphatic carboxylic acids is 1. The second kappa shape index (κ2) is 7.08. The van der Waals surface area contributed by atoms with Crippen LogP contribution in [0, 0.1) is 5.41 Å². The van der Waals surface area contributed by atoms with Crippen LogP contribution in [0.5, 0.6) is 0 Å². The largest absolute Gasteiger partial charge is 0.481 e. The molecule has 2 aliphatic rings. The maximum Gasteiger partial charge on any atom is 0.311 e. The molecule has 0 bridgehead atoms. The summed E-state index contributed by atoms with van der Waals surface area (Å²) in [4.78, 5) is 40.3. The van der Waals surface area contributed by atoms with Crippen molar-refractivity contribution in [2.75, 3.05) is 19.6 Å². The van der Waals surface area contributed by atoms with E-state index in [0.29, 0.717) is 36.5 Å². The van der Waals surface area contributed by atoms with Crippen molar-refractivity contribution in [3.63, 3.8) is 0 Å². The Balaban J connectivity index is 1.75. The summed E-state index contributed by atoms with van der Waals surface area (Å²) in [6.07, 6.45) is 1.72. The average molecular weight is 399 g/mol. The molecule has 26 heavy (non-hydrogen) atoms. The maximum absolute atomic E-state index is 12.9. The minimum absolute atomic E-state index is 0.173. The van der Waals surface area contributed by atoms with Crippen LogP contribution in [0.25, 0.3) is 0 Å². The Kier molecular flexibility index (Phi) is 5.17. The molecular weight excluding hydrogens is 379 g/mol. The average Bonchev–Trinajstić information content (AvgIpc) is 3.24. The summed E-state index contributed by atoms with van der Waals surface area (Å²) < 4.78 is 0. The fourth-order valence-corrected chi connectivity index (χ4v) is 3.89. The van der Waals surface area contributed by atoms with E-state index in [2.05, 4.69) is 0 Å². The molecule has 0 spiro atoms. The van der Waals surface area contributed by atoms with E-state index in [9.17, 15) is 19.5 Å². The SMILES string of the molecule is CC1(C(=O)O)CCN(C(=O)C2CCCN2C(=O)c2ccc(Cl)c(Cl)c2)C1. The molecule has 140 valence electrons. The first kappa shape index (κ1) is 19.0. The highest BCUT2D eigenvalue weighted by molar-refractivity contribution is 6.42. The lowest BCUT2D eigenvalue weighted by atomic mass is 9.90. The van der Waals surface area contributed by atoms with E-state index in [-0.39, 0.29) is 23.4 Å². The summed E-state index contributed by atoms with van der Waals surface area (Å²) in [5, 5.41) is 10.0. The second-order valence-electron chi connectivity index (χ2n) is 7.16. The molecule has 1 aromatic carbocycles. The third kappa shape index (κ3) is 3.40. The van der Waals surface area contributed by atoms with Crippen LogP contribution in [0.3, 0.4) is 0 Å². The summed E-state index contributed by atoms with van der Waals surface area (Å²) in [6.45, 7) is 2.70. The molecule has 1 N–H and O–H groups in total. The Morgan fingerprint density at radius 3 is 2.54 bits per heavy atom. The van der Waals surface area contributed by atoms with E-state index in [1.807, 2.05) is 0 Å². The minimum atomic E-state index is -0.924. The van der Waals surface area contributed by atoms with Gasteiger partial charge in [0.15, 0.2) is 0 Å². The van der Waals surface area contributed by atoms with Gasteiger partial charge in [0.25, 0.3) is 5.91 Å². The number of carboxylic acid groups (broad SMARTS) is 1. The summed E-state index contributed by atoms with van der Waals surface area (Å²) in [5.74, 6) is -1.34. The van der Waals surface area contributed by atoms with Gasteiger partial charge in [-0.25, -0.2) is 0 Å². The third-order valence-corrected chi connectivity index (χ3v) is 6.01. The van der Waals surface area contributed by atoms with Gasteiger partial charge in [-0.15, -0.1) is 0 Å². The number of benzene rings is 1. The van der Waals surface area contributed by atoms with Crippen LogP contribution in [0.1, 0.15) is 36.5 Å². The van der Waals surface area contributed by atoms with E-state index < -0.39 is 17.4 Å². The number of nitrogens with zero attached hydrogens (tertiary/aromatic N) is 2. The smallest absolute Gasteiger partial charge is 0.311 e. The highest BCUT2D eigenvalue weighted by Gasteiger charge is 2.45. The molecule has 1 aromatic rings. The molecule has 3 rings (SSSR count). The van der Waals surface area contributed by atoms with Crippen molar-refractivity contribution in [3.8, 4) is 0 Å². The van der Waals surface area contributed by atoms with Crippen LogP contribution >= 0.6 is 23.2 Å². The van der Waals surface area contributed by atoms with Crippen LogP contribution in [0.2, 0.25) is 10.0 Å². The highest BCUT2D eigenvalue weighted by atomic mass is 35.5. The van der Waals surface area contributed by atoms with E-state index in [1.54, 1.807) is 28.9 Å². The first-order valence-electron chi connectivity index (χ1n) is 8.51. The van der Waals surface area contributed by atoms with Crippen molar-refractivity contribution < 1.29 is 19.5 Å². The number of hydrogen-bond acceptors (Lipinski definition) is 3. The number of carbonyl (C=O) groups is 3. The summed E-state index contributed by atoms with van der Waals surface area (Å²) in [5.41, 5.74) is -0.539. The van der Waals surface area contributed by atoms with Gasteiger partial charge in [-0.2, -0.15) is 0 Å². The second-order valence-corrected chi connectivity index (χ2v) is 7.98. The summed E-state index contributed by atoms with van der Waals surface area (Å²) in [7, 11) is 0. The highest BCUT2D eigenvalue weighted by Crippen LogP contribution is 2.32. The molecule has 0 aliphatic carbocycles. The summed E-state index contributed by atoms with van der Waals surface area (Å²) in [6, 6.07) is 4.09. The zero-order chi connectivity index (χ0) is 19.1. The van der Waals surface area contributed by atoms with Crippen molar-refractivity contribution >= 4 is 41.0 Å². The Morgan fingerprint density at radius 2 is 1.92 bits per heavy atom. The Bertz CT molecular complexity index is 770. The lowest BCUT2D eigenvalue weighted by molar-refractivity contribution is -0.147. The third-order valence-electron chi connectivity index (χ3n) is 5.27. The summed E-state index contributed by atoms with van der Waals surface area (Å²) >= 11 is 11.9. The molecule has 2 atom stereocenters. The van der Waals surface area contributed by atoms with Crippen molar-refractivity contribution in [1.29, 1.82) is 0 Å². The fraction of sp³-hybridized carbons (Fsp3) is 0.500. The Hall–Kier alpha value is -1.79. The normalized spacial score (nSPS) is 25.6. The Labute approximate surface area is 161 Å². The predicted molar refractivity (Wildman–Crippen MR) is 97.5 cm³/mol. The lowest BCUT2D eigenvalue weighted by Gasteiger charge is -2.28. The topological polar surface area (TPSA) is 77.9 Å². The fourth-order valence-electron chi connectivity index (χ4n) is 3.60. The molecule has 2 unspecified atom stereocenters. The zero-order valence-corrected chi connectivity index (χ0v) is 15.9. The monoisotopic (exact) mass is 398 g/mol. The number of carbonyl (C=O) groups excluding carboxylic acids is 2. The number of hydrogen-bond donors (Lipinski definition) is 1. The van der Waals surface area contributed by atoms with Crippen LogP contribution in [0.15, 0.2) is 18.2 Å². The molecule has 2 amide bonds. The molecule has 2 heterocycles. The van der Waals surface area contributed by atoms with E-state index in [1.165, 1.54) is 6.07 Å². The maximum atomic E-state index is 12.9. The molecule has 0 aromatic heterocycles. The van der Waals surface area contributed by atoms with Gasteiger partial charge in [0.1, 0.15) is 6.04 Å². The van der Waals surface area contributed by atoms with E-state index in [4.69, 9.17) is 23.2 Å². The first-order chi connectivity index (χ1) is 12.2. The van der Waals surface area contributed by atoms with Gasteiger partial charge in [-0.3, -0.25) is 14.4 Å². The zero-order valence-electron chi connectivity index (χ0n) is 14.4. The van der Waals surface area contributed by atoms with Crippen LogP contribution < -0.4 is 0 Å². The number of halogens is 2. The van der Waals surface area contributed by atoms with Crippen LogP contribution in [-0.2, 0) is 9.59 Å². The lowest BCUT2D eigenvalue weighted by Crippen LogP contribution is -2.48. The van der Waals surface area contributed by atoms with Gasteiger partial charge in [-0.1, -0.05) is 23.2 Å². The van der Waals surface area contributed by atoms with Crippen LogP contribution in [-0.4, -0.2) is 58.4 Å². The van der Waals surface area contributed by atoms with Gasteiger partial charge < -0.3 is 14.9 Å². The standard InChI is InChI=1S/C18H20Cl2N2O4/c1-18(17(25)26)6-8-21(10-18)16(24)14-3-2-7-22(14)15(23)11-4-5-12(19)13(20)9-11/h4-5,9,14H,2-3,6-8,10H2,1H3,(H,25,26). The molecule has 0 saturated carbocycles. The van der Waals surface area contributed by atoms with E-state index >= 15 is 0 Å². The molecular formula is C18H20Cl2N2O4. The number of carboxylic acids is 1. The first-order valence-corrected chi connectivity index (χ1v) is 9.27. The molecule has 0 radical (unpaired) electrons. The van der Waals surface area contributed by atoms with Crippen molar-refractivity contribution in [2.45, 2.75) is 32.2 Å². The predicted octanol–water partition coefficient (Wildman–Crippen LogP) is 2.92. The number of amides is 2. The van der Waals surface area contributed by atoms with Crippen LogP contribution in [0.4, 0.5) is 0 Å². The quantitative estimate of drug-likeness (QED) is 0.848. The van der Waals surface area contributed by atoms with Crippen molar-refractivity contribution in [3.05, 3.63) is 33.8 Å².